The first kappa shape index (κ1) is 17.5. The number of amides is 1. The monoisotopic (exact) mass is 345 g/mol. The summed E-state index contributed by atoms with van der Waals surface area (Å²) in [4.78, 5) is 16.6. The minimum Gasteiger partial charge on any atom is -0.350 e. The average molecular weight is 345 g/mol. The second-order valence-corrected chi connectivity index (χ2v) is 6.58. The van der Waals surface area contributed by atoms with E-state index < -0.39 is 5.92 Å². The Balaban J connectivity index is 1.90. The maximum absolute atomic E-state index is 13.4. The van der Waals surface area contributed by atoms with Gasteiger partial charge in [0.05, 0.1) is 11.1 Å². The molecule has 0 saturated carbocycles. The molecule has 0 aliphatic heterocycles. The van der Waals surface area contributed by atoms with E-state index in [-0.39, 0.29) is 24.8 Å². The summed E-state index contributed by atoms with van der Waals surface area (Å²) in [6, 6.07) is 7.25. The van der Waals surface area contributed by atoms with E-state index in [9.17, 15) is 13.6 Å². The van der Waals surface area contributed by atoms with Gasteiger partial charge in [-0.2, -0.15) is 0 Å². The molecule has 25 heavy (non-hydrogen) atoms. The molecule has 3 rings (SSSR count). The van der Waals surface area contributed by atoms with Gasteiger partial charge in [0.15, 0.2) is 0 Å². The molecule has 1 atom stereocenters. The van der Waals surface area contributed by atoms with Crippen LogP contribution < -0.4 is 11.1 Å². The Morgan fingerprint density at radius 2 is 2.24 bits per heavy atom. The lowest BCUT2D eigenvalue weighted by molar-refractivity contribution is -0.00602. The third-order valence-electron chi connectivity index (χ3n) is 4.31. The number of benzene rings is 1. The fourth-order valence-electron chi connectivity index (χ4n) is 2.94. The summed E-state index contributed by atoms with van der Waals surface area (Å²) in [5.41, 5.74) is 8.56. The Morgan fingerprint density at radius 3 is 2.92 bits per heavy atom. The second kappa shape index (κ2) is 6.88. The number of carbonyl (C=O) groups excluding carboxylic acids is 1. The van der Waals surface area contributed by atoms with Gasteiger partial charge in [0.2, 0.25) is 0 Å². The fraction of sp³-hybridized carbons (Fsp3) is 0.368. The molecule has 1 amide bonds. The SMILES string of the molecule is CC(N)CNC(=O)c1cnc2c(C3=CCC(F)(F)CC3)cccc2c1. The number of nitrogens with two attached hydrogens (primary N) is 1. The van der Waals surface area contributed by atoms with E-state index in [4.69, 9.17) is 5.73 Å². The maximum Gasteiger partial charge on any atom is 0.252 e. The van der Waals surface area contributed by atoms with Crippen LogP contribution in [0.1, 0.15) is 42.1 Å². The number of fused-ring (bicyclic) bond motifs is 1. The summed E-state index contributed by atoms with van der Waals surface area (Å²) in [6.07, 6.45) is 3.05. The van der Waals surface area contributed by atoms with Crippen LogP contribution in [0.5, 0.6) is 0 Å². The molecule has 0 radical (unpaired) electrons. The zero-order valence-corrected chi connectivity index (χ0v) is 14.1. The highest BCUT2D eigenvalue weighted by atomic mass is 19.3. The Labute approximate surface area is 145 Å². The van der Waals surface area contributed by atoms with Crippen molar-refractivity contribution in [3.63, 3.8) is 0 Å². The number of hydrogen-bond acceptors (Lipinski definition) is 3. The minimum absolute atomic E-state index is 0.125. The van der Waals surface area contributed by atoms with Crippen molar-refractivity contribution >= 4 is 22.4 Å². The smallest absolute Gasteiger partial charge is 0.252 e. The molecule has 4 nitrogen and oxygen atoms in total. The lowest BCUT2D eigenvalue weighted by atomic mass is 9.90. The van der Waals surface area contributed by atoms with Crippen LogP contribution in [0.15, 0.2) is 36.5 Å². The van der Waals surface area contributed by atoms with Gasteiger partial charge in [-0.1, -0.05) is 24.3 Å². The number of allylic oxidation sites excluding steroid dienone is 2. The molecule has 0 bridgehead atoms. The highest BCUT2D eigenvalue weighted by molar-refractivity contribution is 5.99. The number of nitrogens with one attached hydrogen (secondary N) is 1. The zero-order valence-electron chi connectivity index (χ0n) is 14.1. The third kappa shape index (κ3) is 4.02. The summed E-state index contributed by atoms with van der Waals surface area (Å²) >= 11 is 0. The van der Waals surface area contributed by atoms with Crippen LogP contribution >= 0.6 is 0 Å². The molecular formula is C19H21F2N3O. The molecule has 3 N–H and O–H groups in total. The molecule has 1 aliphatic carbocycles. The molecule has 2 aromatic rings. The lowest BCUT2D eigenvalue weighted by Crippen LogP contribution is -2.35. The van der Waals surface area contributed by atoms with Gasteiger partial charge < -0.3 is 11.1 Å². The molecule has 132 valence electrons. The van der Waals surface area contributed by atoms with E-state index in [0.29, 0.717) is 18.5 Å². The van der Waals surface area contributed by atoms with Gasteiger partial charge in [0.25, 0.3) is 11.8 Å². The molecule has 0 saturated heterocycles. The standard InChI is InChI=1S/C19H21F2N3O/c1-12(22)10-24-18(25)15-9-14-3-2-4-16(17(14)23-11-15)13-5-7-19(20,21)8-6-13/h2-5,9,11-12H,6-8,10,22H2,1H3,(H,24,25). The molecule has 1 heterocycles. The van der Waals surface area contributed by atoms with Crippen LogP contribution in [0.4, 0.5) is 8.78 Å². The van der Waals surface area contributed by atoms with E-state index in [1.165, 1.54) is 6.20 Å². The number of alkyl halides is 2. The van der Waals surface area contributed by atoms with Crippen LogP contribution in [0.3, 0.4) is 0 Å². The summed E-state index contributed by atoms with van der Waals surface area (Å²) in [5.74, 6) is -2.85. The number of halogens is 2. The first-order valence-electron chi connectivity index (χ1n) is 8.35. The number of nitrogens with zero attached hydrogens (tertiary/aromatic N) is 1. The lowest BCUT2D eigenvalue weighted by Gasteiger charge is -2.22. The van der Waals surface area contributed by atoms with Gasteiger partial charge in [0, 0.05) is 42.6 Å². The van der Waals surface area contributed by atoms with Gasteiger partial charge >= 0.3 is 0 Å². The Hall–Kier alpha value is -2.34. The summed E-state index contributed by atoms with van der Waals surface area (Å²) in [7, 11) is 0. The van der Waals surface area contributed by atoms with Gasteiger partial charge in [-0.15, -0.1) is 0 Å². The summed E-state index contributed by atoms with van der Waals surface area (Å²) in [6.45, 7) is 2.20. The van der Waals surface area contributed by atoms with Crippen molar-refractivity contribution < 1.29 is 13.6 Å². The second-order valence-electron chi connectivity index (χ2n) is 6.58. The zero-order chi connectivity index (χ0) is 18.0. The number of hydrogen-bond donors (Lipinski definition) is 2. The van der Waals surface area contributed by atoms with Crippen molar-refractivity contribution in [2.45, 2.75) is 38.2 Å². The Bertz CT molecular complexity index is 831. The molecule has 0 spiro atoms. The number of para-hydroxylation sites is 1. The first-order valence-corrected chi connectivity index (χ1v) is 8.35. The molecule has 1 aromatic heterocycles. The normalized spacial score (nSPS) is 17.8. The van der Waals surface area contributed by atoms with Gasteiger partial charge in [-0.3, -0.25) is 9.78 Å². The predicted octanol–water partition coefficient (Wildman–Crippen LogP) is 3.51. The molecule has 1 unspecified atom stereocenters. The van der Waals surface area contributed by atoms with E-state index in [0.717, 1.165) is 22.0 Å². The van der Waals surface area contributed by atoms with Crippen molar-refractivity contribution in [2.75, 3.05) is 6.54 Å². The summed E-state index contributed by atoms with van der Waals surface area (Å²) < 4.78 is 26.7. The minimum atomic E-state index is -2.62. The molecule has 1 aromatic carbocycles. The Morgan fingerprint density at radius 1 is 1.44 bits per heavy atom. The van der Waals surface area contributed by atoms with Crippen molar-refractivity contribution in [1.29, 1.82) is 0 Å². The first-order chi connectivity index (χ1) is 11.9. The number of rotatable bonds is 4. The van der Waals surface area contributed by atoms with Crippen LogP contribution in [-0.4, -0.2) is 29.4 Å². The molecule has 6 heteroatoms. The van der Waals surface area contributed by atoms with Crippen LogP contribution in [0, 0.1) is 0 Å². The van der Waals surface area contributed by atoms with Crippen LogP contribution in [-0.2, 0) is 0 Å². The van der Waals surface area contributed by atoms with Crippen molar-refractivity contribution in [3.8, 4) is 0 Å². The van der Waals surface area contributed by atoms with Crippen LogP contribution in [0.25, 0.3) is 16.5 Å². The van der Waals surface area contributed by atoms with Gasteiger partial charge in [-0.05, 0) is 25.0 Å². The Kier molecular flexibility index (Phi) is 4.81. The topological polar surface area (TPSA) is 68.0 Å². The van der Waals surface area contributed by atoms with E-state index in [2.05, 4.69) is 10.3 Å². The average Bonchev–Trinajstić information content (AvgIpc) is 2.58. The van der Waals surface area contributed by atoms with E-state index in [1.54, 1.807) is 12.1 Å². The van der Waals surface area contributed by atoms with E-state index in [1.807, 2.05) is 25.1 Å². The largest absolute Gasteiger partial charge is 0.350 e. The van der Waals surface area contributed by atoms with Crippen molar-refractivity contribution in [1.82, 2.24) is 10.3 Å². The quantitative estimate of drug-likeness (QED) is 0.891. The number of carbonyl (C=O) groups is 1. The number of aromatic nitrogens is 1. The van der Waals surface area contributed by atoms with Crippen molar-refractivity contribution in [3.05, 3.63) is 47.7 Å². The third-order valence-corrected chi connectivity index (χ3v) is 4.31. The van der Waals surface area contributed by atoms with E-state index >= 15 is 0 Å². The summed E-state index contributed by atoms with van der Waals surface area (Å²) in [5, 5.41) is 3.56. The van der Waals surface area contributed by atoms with Gasteiger partial charge in [-0.25, -0.2) is 8.78 Å². The molecule has 1 aliphatic rings. The highest BCUT2D eigenvalue weighted by Gasteiger charge is 2.31. The maximum atomic E-state index is 13.4. The molecule has 0 fully saturated rings. The van der Waals surface area contributed by atoms with Crippen LogP contribution in [0.2, 0.25) is 0 Å². The predicted molar refractivity (Wildman–Crippen MR) is 94.5 cm³/mol. The molecular weight excluding hydrogens is 324 g/mol. The number of pyridine rings is 1. The fourth-order valence-corrected chi connectivity index (χ4v) is 2.94. The van der Waals surface area contributed by atoms with Gasteiger partial charge in [0.1, 0.15) is 0 Å². The van der Waals surface area contributed by atoms with Crippen molar-refractivity contribution in [2.24, 2.45) is 5.73 Å². The highest BCUT2D eigenvalue weighted by Crippen LogP contribution is 2.37.